The SMILES string of the molecule is CCc1ccnc(C(=O)NCCc2ncn(C)c2Br)c1. The molecule has 2 heterocycles. The van der Waals surface area contributed by atoms with Gasteiger partial charge in [0.25, 0.3) is 5.91 Å². The summed E-state index contributed by atoms with van der Waals surface area (Å²) >= 11 is 3.46. The Morgan fingerprint density at radius 2 is 2.25 bits per heavy atom. The van der Waals surface area contributed by atoms with Gasteiger partial charge in [0.1, 0.15) is 10.3 Å². The van der Waals surface area contributed by atoms with Crippen molar-refractivity contribution in [1.29, 1.82) is 0 Å². The first-order valence-corrected chi connectivity index (χ1v) is 7.30. The summed E-state index contributed by atoms with van der Waals surface area (Å²) in [5.74, 6) is -0.146. The van der Waals surface area contributed by atoms with Crippen LogP contribution in [0.3, 0.4) is 0 Å². The Morgan fingerprint density at radius 1 is 1.45 bits per heavy atom. The van der Waals surface area contributed by atoms with Crippen molar-refractivity contribution in [2.45, 2.75) is 19.8 Å². The van der Waals surface area contributed by atoms with Gasteiger partial charge in [-0.3, -0.25) is 9.78 Å². The number of aryl methyl sites for hydroxylation is 2. The molecule has 0 radical (unpaired) electrons. The zero-order valence-corrected chi connectivity index (χ0v) is 13.1. The lowest BCUT2D eigenvalue weighted by Gasteiger charge is -2.05. The fourth-order valence-electron chi connectivity index (χ4n) is 1.83. The van der Waals surface area contributed by atoms with Crippen molar-refractivity contribution < 1.29 is 4.79 Å². The summed E-state index contributed by atoms with van der Waals surface area (Å²) in [4.78, 5) is 20.3. The van der Waals surface area contributed by atoms with E-state index in [-0.39, 0.29) is 5.91 Å². The largest absolute Gasteiger partial charge is 0.350 e. The number of amides is 1. The van der Waals surface area contributed by atoms with Gasteiger partial charge >= 0.3 is 0 Å². The van der Waals surface area contributed by atoms with Crippen LogP contribution in [0, 0.1) is 0 Å². The van der Waals surface area contributed by atoms with Gasteiger partial charge in [0, 0.05) is 26.2 Å². The fraction of sp³-hybridized carbons (Fsp3) is 0.357. The molecule has 0 aliphatic rings. The Balaban J connectivity index is 1.90. The minimum atomic E-state index is -0.146. The molecule has 0 spiro atoms. The van der Waals surface area contributed by atoms with E-state index in [4.69, 9.17) is 0 Å². The molecule has 2 aromatic rings. The van der Waals surface area contributed by atoms with Gasteiger partial charge in [-0.25, -0.2) is 4.98 Å². The van der Waals surface area contributed by atoms with Crippen LogP contribution in [0.4, 0.5) is 0 Å². The molecule has 2 rings (SSSR count). The highest BCUT2D eigenvalue weighted by Gasteiger charge is 2.09. The maximum absolute atomic E-state index is 12.0. The lowest BCUT2D eigenvalue weighted by Crippen LogP contribution is -2.26. The molecule has 0 atom stereocenters. The van der Waals surface area contributed by atoms with Crippen LogP contribution >= 0.6 is 15.9 Å². The van der Waals surface area contributed by atoms with E-state index in [0.717, 1.165) is 22.3 Å². The van der Waals surface area contributed by atoms with Crippen molar-refractivity contribution in [3.63, 3.8) is 0 Å². The summed E-state index contributed by atoms with van der Waals surface area (Å²) in [6.07, 6.45) is 4.99. The number of carbonyl (C=O) groups is 1. The van der Waals surface area contributed by atoms with Gasteiger partial charge in [-0.15, -0.1) is 0 Å². The van der Waals surface area contributed by atoms with E-state index >= 15 is 0 Å². The number of nitrogens with one attached hydrogen (secondary N) is 1. The smallest absolute Gasteiger partial charge is 0.269 e. The Labute approximate surface area is 126 Å². The topological polar surface area (TPSA) is 59.8 Å². The van der Waals surface area contributed by atoms with E-state index in [1.54, 1.807) is 12.5 Å². The molecule has 0 unspecified atom stereocenters. The van der Waals surface area contributed by atoms with Crippen molar-refractivity contribution in [2.24, 2.45) is 7.05 Å². The maximum atomic E-state index is 12.0. The van der Waals surface area contributed by atoms with E-state index < -0.39 is 0 Å². The maximum Gasteiger partial charge on any atom is 0.269 e. The van der Waals surface area contributed by atoms with E-state index in [1.165, 1.54) is 0 Å². The van der Waals surface area contributed by atoms with Gasteiger partial charge in [0.05, 0.1) is 12.0 Å². The fourth-order valence-corrected chi connectivity index (χ4v) is 2.23. The predicted octanol–water partition coefficient (Wildman–Crippen LogP) is 2.11. The molecule has 1 amide bonds. The number of nitrogens with zero attached hydrogens (tertiary/aromatic N) is 3. The molecule has 0 saturated carbocycles. The van der Waals surface area contributed by atoms with E-state index in [1.807, 2.05) is 23.7 Å². The monoisotopic (exact) mass is 336 g/mol. The summed E-state index contributed by atoms with van der Waals surface area (Å²) in [5.41, 5.74) is 2.50. The van der Waals surface area contributed by atoms with Crippen molar-refractivity contribution in [1.82, 2.24) is 19.9 Å². The highest BCUT2D eigenvalue weighted by molar-refractivity contribution is 9.10. The van der Waals surface area contributed by atoms with Crippen LogP contribution in [0.2, 0.25) is 0 Å². The second-order valence-electron chi connectivity index (χ2n) is 4.50. The molecule has 0 aliphatic heterocycles. The van der Waals surface area contributed by atoms with E-state index in [2.05, 4.69) is 38.1 Å². The van der Waals surface area contributed by atoms with Crippen LogP contribution in [0.25, 0.3) is 0 Å². The van der Waals surface area contributed by atoms with Crippen LogP contribution < -0.4 is 5.32 Å². The Kier molecular flexibility index (Phi) is 4.89. The Morgan fingerprint density at radius 3 is 2.90 bits per heavy atom. The van der Waals surface area contributed by atoms with Crippen LogP contribution in [0.1, 0.15) is 28.7 Å². The molecule has 0 saturated heterocycles. The highest BCUT2D eigenvalue weighted by Crippen LogP contribution is 2.14. The quantitative estimate of drug-likeness (QED) is 0.909. The molecule has 20 heavy (non-hydrogen) atoms. The lowest BCUT2D eigenvalue weighted by molar-refractivity contribution is 0.0949. The zero-order chi connectivity index (χ0) is 14.5. The second kappa shape index (κ2) is 6.65. The number of hydrogen-bond acceptors (Lipinski definition) is 3. The minimum absolute atomic E-state index is 0.146. The molecule has 0 fully saturated rings. The summed E-state index contributed by atoms with van der Waals surface area (Å²) in [7, 11) is 1.92. The van der Waals surface area contributed by atoms with Crippen LogP contribution in [-0.2, 0) is 19.9 Å². The number of imidazole rings is 1. The molecule has 106 valence electrons. The lowest BCUT2D eigenvalue weighted by atomic mass is 10.2. The molecule has 0 aliphatic carbocycles. The van der Waals surface area contributed by atoms with E-state index in [0.29, 0.717) is 18.7 Å². The minimum Gasteiger partial charge on any atom is -0.350 e. The molecule has 2 aromatic heterocycles. The van der Waals surface area contributed by atoms with Crippen molar-refractivity contribution in [3.05, 3.63) is 46.2 Å². The summed E-state index contributed by atoms with van der Waals surface area (Å²) < 4.78 is 2.83. The van der Waals surface area contributed by atoms with Crippen molar-refractivity contribution in [2.75, 3.05) is 6.54 Å². The van der Waals surface area contributed by atoms with Crippen LogP contribution in [0.15, 0.2) is 29.3 Å². The molecule has 0 aromatic carbocycles. The highest BCUT2D eigenvalue weighted by atomic mass is 79.9. The first kappa shape index (κ1) is 14.7. The third-order valence-electron chi connectivity index (χ3n) is 3.05. The standard InChI is InChI=1S/C14H17BrN4O/c1-3-10-4-6-16-12(8-10)14(20)17-7-5-11-13(15)19(2)9-18-11/h4,6,8-9H,3,5,7H2,1-2H3,(H,17,20). The number of carbonyl (C=O) groups excluding carboxylic acids is 1. The average molecular weight is 337 g/mol. The van der Waals surface area contributed by atoms with Gasteiger partial charge in [-0.1, -0.05) is 6.92 Å². The zero-order valence-electron chi connectivity index (χ0n) is 11.6. The number of hydrogen-bond donors (Lipinski definition) is 1. The van der Waals surface area contributed by atoms with Crippen LogP contribution in [0.5, 0.6) is 0 Å². The molecule has 1 N–H and O–H groups in total. The van der Waals surface area contributed by atoms with Crippen molar-refractivity contribution in [3.8, 4) is 0 Å². The van der Waals surface area contributed by atoms with E-state index in [9.17, 15) is 4.79 Å². The van der Waals surface area contributed by atoms with Gasteiger partial charge < -0.3 is 9.88 Å². The summed E-state index contributed by atoms with van der Waals surface area (Å²) in [6, 6.07) is 3.74. The first-order valence-electron chi connectivity index (χ1n) is 6.50. The average Bonchev–Trinajstić information content (AvgIpc) is 2.79. The van der Waals surface area contributed by atoms with Gasteiger partial charge in [-0.05, 0) is 40.0 Å². The molecule has 0 bridgehead atoms. The van der Waals surface area contributed by atoms with Gasteiger partial charge in [-0.2, -0.15) is 0 Å². The number of halogens is 1. The summed E-state index contributed by atoms with van der Waals surface area (Å²) in [5, 5.41) is 2.86. The van der Waals surface area contributed by atoms with Gasteiger partial charge in [0.2, 0.25) is 0 Å². The number of aromatic nitrogens is 3. The Bertz CT molecular complexity index is 609. The number of rotatable bonds is 5. The molecular formula is C14H17BrN4O. The van der Waals surface area contributed by atoms with Crippen molar-refractivity contribution >= 4 is 21.8 Å². The first-order chi connectivity index (χ1) is 9.61. The predicted molar refractivity (Wildman–Crippen MR) is 80.6 cm³/mol. The van der Waals surface area contributed by atoms with Crippen LogP contribution in [-0.4, -0.2) is 27.0 Å². The second-order valence-corrected chi connectivity index (χ2v) is 5.25. The molecule has 6 heteroatoms. The van der Waals surface area contributed by atoms with Gasteiger partial charge in [0.15, 0.2) is 0 Å². The Hall–Kier alpha value is -1.69. The normalized spacial score (nSPS) is 10.6. The molecule has 5 nitrogen and oxygen atoms in total. The third kappa shape index (κ3) is 3.45. The third-order valence-corrected chi connectivity index (χ3v) is 4.06. The molecular weight excluding hydrogens is 320 g/mol. The number of pyridine rings is 1. The summed E-state index contributed by atoms with van der Waals surface area (Å²) in [6.45, 7) is 2.59.